The van der Waals surface area contributed by atoms with Crippen LogP contribution in [0.3, 0.4) is 0 Å². The number of aryl methyl sites for hydroxylation is 1. The summed E-state index contributed by atoms with van der Waals surface area (Å²) in [5.41, 5.74) is 1.15. The highest BCUT2D eigenvalue weighted by Crippen LogP contribution is 2.00. The van der Waals surface area contributed by atoms with Gasteiger partial charge in [-0.3, -0.25) is 4.98 Å². The lowest BCUT2D eigenvalue weighted by atomic mass is 10.2. The lowest BCUT2D eigenvalue weighted by Gasteiger charge is -2.00. The van der Waals surface area contributed by atoms with E-state index in [-0.39, 0.29) is 0 Å². The average Bonchev–Trinajstić information content (AvgIpc) is 2.14. The van der Waals surface area contributed by atoms with Crippen LogP contribution in [-0.2, 0) is 11.2 Å². The van der Waals surface area contributed by atoms with Gasteiger partial charge in [0.2, 0.25) is 0 Å². The Bertz CT molecular complexity index is 264. The molecule has 0 N–H and O–H groups in total. The van der Waals surface area contributed by atoms with Crippen molar-refractivity contribution in [1.29, 1.82) is 0 Å². The molecule has 0 aliphatic carbocycles. The van der Waals surface area contributed by atoms with Gasteiger partial charge in [-0.1, -0.05) is 18.7 Å². The fraction of sp³-hybridized carbons (Fsp3) is 0.333. The van der Waals surface area contributed by atoms with Gasteiger partial charge >= 0.3 is 5.30 Å². The maximum atomic E-state index is 10.3. The van der Waals surface area contributed by atoms with E-state index in [0.29, 0.717) is 6.61 Å². The molecular formula is C9H11NO2S. The van der Waals surface area contributed by atoms with E-state index in [1.165, 1.54) is 0 Å². The number of nitrogens with zero attached hydrogens (tertiary/aromatic N) is 1. The molecule has 1 aromatic heterocycles. The summed E-state index contributed by atoms with van der Waals surface area (Å²) in [6, 6.07) is 3.88. The number of hydrogen-bond acceptors (Lipinski definition) is 3. The number of hydrogen-bond donors (Lipinski definition) is 1. The lowest BCUT2D eigenvalue weighted by Crippen LogP contribution is -1.98. The fourth-order valence-corrected chi connectivity index (χ4v) is 1.07. The summed E-state index contributed by atoms with van der Waals surface area (Å²) in [5, 5.41) is -0.522. The molecule has 70 valence electrons. The highest BCUT2D eigenvalue weighted by atomic mass is 32.1. The second kappa shape index (κ2) is 5.59. The van der Waals surface area contributed by atoms with Gasteiger partial charge in [0.05, 0.1) is 6.61 Å². The minimum absolute atomic E-state index is 0.414. The first-order valence-electron chi connectivity index (χ1n) is 4.03. The molecule has 0 saturated carbocycles. The van der Waals surface area contributed by atoms with E-state index in [0.717, 1.165) is 18.4 Å². The third-order valence-corrected chi connectivity index (χ3v) is 1.69. The number of carbonyl (C=O) groups excluding carboxylic acids is 1. The molecule has 3 nitrogen and oxygen atoms in total. The first-order valence-corrected chi connectivity index (χ1v) is 4.48. The molecule has 0 aromatic carbocycles. The van der Waals surface area contributed by atoms with Crippen molar-refractivity contribution >= 4 is 17.9 Å². The number of ether oxygens (including phenoxy) is 1. The Morgan fingerprint density at radius 3 is 3.08 bits per heavy atom. The Labute approximate surface area is 82.5 Å². The van der Waals surface area contributed by atoms with Crippen molar-refractivity contribution in [3.8, 4) is 0 Å². The quantitative estimate of drug-likeness (QED) is 0.456. The summed E-state index contributed by atoms with van der Waals surface area (Å²) in [6.45, 7) is 0.414. The first-order chi connectivity index (χ1) is 6.29. The summed E-state index contributed by atoms with van der Waals surface area (Å²) >= 11 is 3.48. The Hall–Kier alpha value is -1.03. The maximum Gasteiger partial charge on any atom is 0.364 e. The average molecular weight is 197 g/mol. The third kappa shape index (κ3) is 4.52. The van der Waals surface area contributed by atoms with Crippen LogP contribution in [0.25, 0.3) is 0 Å². The van der Waals surface area contributed by atoms with Crippen LogP contribution in [0.5, 0.6) is 0 Å². The summed E-state index contributed by atoms with van der Waals surface area (Å²) < 4.78 is 4.67. The first kappa shape index (κ1) is 10.1. The van der Waals surface area contributed by atoms with Crippen LogP contribution < -0.4 is 0 Å². The van der Waals surface area contributed by atoms with E-state index in [2.05, 4.69) is 22.3 Å². The Morgan fingerprint density at radius 2 is 2.46 bits per heavy atom. The van der Waals surface area contributed by atoms with Crippen LogP contribution in [0.4, 0.5) is 4.79 Å². The molecule has 0 atom stereocenters. The zero-order chi connectivity index (χ0) is 9.52. The van der Waals surface area contributed by atoms with Crippen LogP contribution >= 0.6 is 12.6 Å². The Kier molecular flexibility index (Phi) is 4.32. The molecule has 1 aromatic rings. The van der Waals surface area contributed by atoms with Gasteiger partial charge in [-0.25, -0.2) is 4.79 Å². The van der Waals surface area contributed by atoms with E-state index < -0.39 is 5.30 Å². The largest absolute Gasteiger partial charge is 0.458 e. The van der Waals surface area contributed by atoms with Crippen LogP contribution in [-0.4, -0.2) is 16.9 Å². The number of carbonyl (C=O) groups is 1. The van der Waals surface area contributed by atoms with Crippen molar-refractivity contribution in [2.45, 2.75) is 12.8 Å². The van der Waals surface area contributed by atoms with Gasteiger partial charge in [-0.15, -0.1) is 0 Å². The second-order valence-electron chi connectivity index (χ2n) is 2.58. The zero-order valence-electron chi connectivity index (χ0n) is 7.14. The second-order valence-corrected chi connectivity index (χ2v) is 2.94. The van der Waals surface area contributed by atoms with Crippen LogP contribution in [0, 0.1) is 0 Å². The molecule has 1 rings (SSSR count). The lowest BCUT2D eigenvalue weighted by molar-refractivity contribution is 0.174. The van der Waals surface area contributed by atoms with Gasteiger partial charge in [0.25, 0.3) is 0 Å². The third-order valence-electron chi connectivity index (χ3n) is 1.56. The Balaban J connectivity index is 2.17. The Morgan fingerprint density at radius 1 is 1.62 bits per heavy atom. The maximum absolute atomic E-state index is 10.3. The van der Waals surface area contributed by atoms with Crippen molar-refractivity contribution in [1.82, 2.24) is 4.98 Å². The van der Waals surface area contributed by atoms with Gasteiger partial charge in [0.1, 0.15) is 0 Å². The molecule has 0 unspecified atom stereocenters. The fourth-order valence-electron chi connectivity index (χ4n) is 0.982. The molecule has 0 aliphatic heterocycles. The van der Waals surface area contributed by atoms with E-state index in [4.69, 9.17) is 0 Å². The summed E-state index contributed by atoms with van der Waals surface area (Å²) in [7, 11) is 0. The highest BCUT2D eigenvalue weighted by molar-refractivity contribution is 7.96. The number of aromatic nitrogens is 1. The molecule has 4 heteroatoms. The molecule has 13 heavy (non-hydrogen) atoms. The molecule has 1 heterocycles. The van der Waals surface area contributed by atoms with Gasteiger partial charge in [0.15, 0.2) is 0 Å². The normalized spacial score (nSPS) is 9.62. The summed E-state index contributed by atoms with van der Waals surface area (Å²) in [4.78, 5) is 14.3. The topological polar surface area (TPSA) is 39.2 Å². The molecule has 0 radical (unpaired) electrons. The van der Waals surface area contributed by atoms with Crippen molar-refractivity contribution in [3.05, 3.63) is 30.1 Å². The van der Waals surface area contributed by atoms with E-state index in [1.807, 2.05) is 18.3 Å². The number of rotatable bonds is 4. The minimum Gasteiger partial charge on any atom is -0.458 e. The van der Waals surface area contributed by atoms with Gasteiger partial charge in [-0.05, 0) is 24.5 Å². The summed E-state index contributed by atoms with van der Waals surface area (Å²) in [6.07, 6.45) is 5.21. The molecule has 0 saturated heterocycles. The van der Waals surface area contributed by atoms with Crippen LogP contribution in [0.15, 0.2) is 24.5 Å². The van der Waals surface area contributed by atoms with E-state index in [1.54, 1.807) is 6.20 Å². The highest BCUT2D eigenvalue weighted by Gasteiger charge is 1.95. The predicted octanol–water partition coefficient (Wildman–Crippen LogP) is 2.08. The van der Waals surface area contributed by atoms with Crippen molar-refractivity contribution in [2.24, 2.45) is 0 Å². The summed E-state index contributed by atoms with van der Waals surface area (Å²) in [5.74, 6) is 0. The van der Waals surface area contributed by atoms with E-state index in [9.17, 15) is 4.79 Å². The standard InChI is InChI=1S/C9H11NO2S/c11-9(13)12-6-2-4-8-3-1-5-10-7-8/h1,3,5,7H,2,4,6H2,(H,11,13). The molecule has 0 spiro atoms. The SMILES string of the molecule is O=C(S)OCCCc1cccnc1. The van der Waals surface area contributed by atoms with Crippen LogP contribution in [0.2, 0.25) is 0 Å². The number of pyridine rings is 1. The van der Waals surface area contributed by atoms with Gasteiger partial charge in [0, 0.05) is 12.4 Å². The molecule has 0 aliphatic rings. The molecule has 0 bridgehead atoms. The van der Waals surface area contributed by atoms with Crippen LogP contribution in [0.1, 0.15) is 12.0 Å². The van der Waals surface area contributed by atoms with E-state index >= 15 is 0 Å². The van der Waals surface area contributed by atoms with Crippen molar-refractivity contribution in [3.63, 3.8) is 0 Å². The monoisotopic (exact) mass is 197 g/mol. The van der Waals surface area contributed by atoms with Crippen molar-refractivity contribution < 1.29 is 9.53 Å². The molecular weight excluding hydrogens is 186 g/mol. The van der Waals surface area contributed by atoms with Gasteiger partial charge in [-0.2, -0.15) is 0 Å². The van der Waals surface area contributed by atoms with Gasteiger partial charge < -0.3 is 4.74 Å². The van der Waals surface area contributed by atoms with Crippen molar-refractivity contribution in [2.75, 3.05) is 6.61 Å². The molecule has 0 fully saturated rings. The predicted molar refractivity (Wildman–Crippen MR) is 52.9 cm³/mol. The zero-order valence-corrected chi connectivity index (χ0v) is 8.04. The minimum atomic E-state index is -0.522. The smallest absolute Gasteiger partial charge is 0.364 e. The molecule has 0 amide bonds. The number of thiol groups is 1.